The third-order valence-corrected chi connectivity index (χ3v) is 4.08. The average molecular weight is 225 g/mol. The first-order valence-corrected chi connectivity index (χ1v) is 6.53. The molecule has 0 radical (unpaired) electrons. The molecule has 1 aliphatic carbocycles. The first-order chi connectivity index (χ1) is 8.25. The zero-order chi connectivity index (χ0) is 11.9. The molecule has 0 heterocycles. The van der Waals surface area contributed by atoms with Gasteiger partial charge in [-0.3, -0.25) is 0 Å². The molecule has 1 aliphatic rings. The number of hydrogen-bond acceptors (Lipinski definition) is 1. The van der Waals surface area contributed by atoms with Gasteiger partial charge in [0.25, 0.3) is 0 Å². The second-order valence-corrected chi connectivity index (χ2v) is 5.26. The van der Waals surface area contributed by atoms with Crippen LogP contribution in [0.2, 0.25) is 0 Å². The maximum atomic E-state index is 6.56. The predicted molar refractivity (Wildman–Crippen MR) is 72.8 cm³/mol. The summed E-state index contributed by atoms with van der Waals surface area (Å²) >= 11 is 0. The molecule has 0 spiro atoms. The molecule has 1 nitrogen and oxygen atoms in total. The summed E-state index contributed by atoms with van der Waals surface area (Å²) in [6, 6.07) is 15.1. The Kier molecular flexibility index (Phi) is 2.44. The Morgan fingerprint density at radius 3 is 2.76 bits per heavy atom. The number of rotatable bonds is 3. The fraction of sp³-hybridized carbons (Fsp3) is 0.375. The van der Waals surface area contributed by atoms with Crippen LogP contribution in [0.15, 0.2) is 42.5 Å². The van der Waals surface area contributed by atoms with Gasteiger partial charge in [-0.2, -0.15) is 0 Å². The highest BCUT2D eigenvalue weighted by molar-refractivity contribution is 5.87. The average Bonchev–Trinajstić information content (AvgIpc) is 3.01. The summed E-state index contributed by atoms with van der Waals surface area (Å²) in [5.41, 5.74) is 7.85. The fourth-order valence-corrected chi connectivity index (χ4v) is 3.02. The summed E-state index contributed by atoms with van der Waals surface area (Å²) in [6.07, 6.45) is 3.63. The number of nitrogens with two attached hydrogens (primary N) is 1. The second-order valence-electron chi connectivity index (χ2n) is 5.26. The van der Waals surface area contributed by atoms with Crippen molar-refractivity contribution in [3.8, 4) is 0 Å². The van der Waals surface area contributed by atoms with E-state index in [2.05, 4.69) is 49.4 Å². The Labute approximate surface area is 103 Å². The molecule has 0 saturated heterocycles. The molecule has 1 fully saturated rings. The van der Waals surface area contributed by atoms with E-state index >= 15 is 0 Å². The molecule has 0 aliphatic heterocycles. The lowest BCUT2D eigenvalue weighted by atomic mass is 9.95. The van der Waals surface area contributed by atoms with Crippen LogP contribution in [0.3, 0.4) is 0 Å². The molecule has 2 atom stereocenters. The van der Waals surface area contributed by atoms with Crippen molar-refractivity contribution >= 4 is 10.8 Å². The van der Waals surface area contributed by atoms with Crippen molar-refractivity contribution in [1.29, 1.82) is 0 Å². The van der Waals surface area contributed by atoms with Gasteiger partial charge in [-0.25, -0.2) is 0 Å². The van der Waals surface area contributed by atoms with Gasteiger partial charge in [0.1, 0.15) is 0 Å². The van der Waals surface area contributed by atoms with Crippen molar-refractivity contribution in [3.63, 3.8) is 0 Å². The summed E-state index contributed by atoms with van der Waals surface area (Å²) in [5.74, 6) is 0.679. The third kappa shape index (κ3) is 1.66. The molecule has 1 heteroatoms. The van der Waals surface area contributed by atoms with E-state index in [1.807, 2.05) is 0 Å². The summed E-state index contributed by atoms with van der Waals surface area (Å²) in [7, 11) is 0. The molecule has 3 rings (SSSR count). The Morgan fingerprint density at radius 1 is 1.18 bits per heavy atom. The summed E-state index contributed by atoms with van der Waals surface area (Å²) in [5, 5.41) is 2.63. The lowest BCUT2D eigenvalue weighted by molar-refractivity contribution is 0.587. The summed E-state index contributed by atoms with van der Waals surface area (Å²) in [6.45, 7) is 2.24. The van der Waals surface area contributed by atoms with Crippen LogP contribution in [0.5, 0.6) is 0 Å². The molecule has 2 aromatic rings. The standard InChI is InChI=1S/C16H19N/c1-2-6-13-11-16(13,17)15-10-5-8-12-7-3-4-9-14(12)15/h3-5,7-10,13H,2,6,11,17H2,1H3. The lowest BCUT2D eigenvalue weighted by Gasteiger charge is -2.15. The van der Waals surface area contributed by atoms with Gasteiger partial charge in [-0.1, -0.05) is 55.8 Å². The second kappa shape index (κ2) is 3.85. The normalized spacial score (nSPS) is 27.3. The molecule has 17 heavy (non-hydrogen) atoms. The lowest BCUT2D eigenvalue weighted by Crippen LogP contribution is -2.22. The van der Waals surface area contributed by atoms with Crippen LogP contribution < -0.4 is 5.73 Å². The van der Waals surface area contributed by atoms with Crippen molar-refractivity contribution in [2.75, 3.05) is 0 Å². The van der Waals surface area contributed by atoms with Gasteiger partial charge in [0.05, 0.1) is 0 Å². The zero-order valence-corrected chi connectivity index (χ0v) is 10.3. The Hall–Kier alpha value is -1.34. The van der Waals surface area contributed by atoms with E-state index in [4.69, 9.17) is 5.73 Å². The van der Waals surface area contributed by atoms with Gasteiger partial charge in [-0.05, 0) is 35.1 Å². The van der Waals surface area contributed by atoms with Crippen LogP contribution in [0.1, 0.15) is 31.7 Å². The van der Waals surface area contributed by atoms with Gasteiger partial charge in [0.15, 0.2) is 0 Å². The highest BCUT2D eigenvalue weighted by atomic mass is 14.9. The van der Waals surface area contributed by atoms with Crippen LogP contribution in [-0.2, 0) is 5.54 Å². The Balaban J connectivity index is 2.07. The minimum absolute atomic E-state index is 0.0587. The Bertz CT molecular complexity index is 541. The quantitative estimate of drug-likeness (QED) is 0.844. The van der Waals surface area contributed by atoms with Crippen LogP contribution in [0, 0.1) is 5.92 Å². The molecule has 2 N–H and O–H groups in total. The van der Waals surface area contributed by atoms with Crippen molar-refractivity contribution < 1.29 is 0 Å². The van der Waals surface area contributed by atoms with Gasteiger partial charge in [-0.15, -0.1) is 0 Å². The predicted octanol–water partition coefficient (Wildman–Crippen LogP) is 3.81. The van der Waals surface area contributed by atoms with Crippen molar-refractivity contribution in [2.24, 2.45) is 11.7 Å². The minimum atomic E-state index is -0.0587. The Morgan fingerprint density at radius 2 is 1.94 bits per heavy atom. The maximum Gasteiger partial charge on any atom is 0.0448 e. The topological polar surface area (TPSA) is 26.0 Å². The van der Waals surface area contributed by atoms with Crippen LogP contribution in [-0.4, -0.2) is 0 Å². The smallest absolute Gasteiger partial charge is 0.0448 e. The van der Waals surface area contributed by atoms with Crippen LogP contribution in [0.25, 0.3) is 10.8 Å². The molecule has 2 aromatic carbocycles. The minimum Gasteiger partial charge on any atom is -0.321 e. The molecule has 2 unspecified atom stereocenters. The van der Waals surface area contributed by atoms with E-state index in [-0.39, 0.29) is 5.54 Å². The third-order valence-electron chi connectivity index (χ3n) is 4.08. The van der Waals surface area contributed by atoms with Crippen molar-refractivity contribution in [3.05, 3.63) is 48.0 Å². The monoisotopic (exact) mass is 225 g/mol. The number of fused-ring (bicyclic) bond motifs is 1. The molecule has 0 aromatic heterocycles. The van der Waals surface area contributed by atoms with E-state index in [1.165, 1.54) is 29.2 Å². The van der Waals surface area contributed by atoms with E-state index in [0.29, 0.717) is 5.92 Å². The van der Waals surface area contributed by atoms with Gasteiger partial charge in [0.2, 0.25) is 0 Å². The first kappa shape index (κ1) is 10.8. The summed E-state index contributed by atoms with van der Waals surface area (Å²) in [4.78, 5) is 0. The van der Waals surface area contributed by atoms with Crippen LogP contribution in [0.4, 0.5) is 0 Å². The zero-order valence-electron chi connectivity index (χ0n) is 10.3. The first-order valence-electron chi connectivity index (χ1n) is 6.53. The molecule has 88 valence electrons. The highest BCUT2D eigenvalue weighted by Gasteiger charge is 2.51. The van der Waals surface area contributed by atoms with Gasteiger partial charge >= 0.3 is 0 Å². The summed E-state index contributed by atoms with van der Waals surface area (Å²) < 4.78 is 0. The van der Waals surface area contributed by atoms with E-state index < -0.39 is 0 Å². The fourth-order valence-electron chi connectivity index (χ4n) is 3.02. The van der Waals surface area contributed by atoms with Crippen molar-refractivity contribution in [2.45, 2.75) is 31.7 Å². The van der Waals surface area contributed by atoms with Crippen molar-refractivity contribution in [1.82, 2.24) is 0 Å². The molecule has 1 saturated carbocycles. The van der Waals surface area contributed by atoms with E-state index in [0.717, 1.165) is 6.42 Å². The number of hydrogen-bond donors (Lipinski definition) is 1. The maximum absolute atomic E-state index is 6.56. The van der Waals surface area contributed by atoms with Gasteiger partial charge < -0.3 is 5.73 Å². The van der Waals surface area contributed by atoms with E-state index in [1.54, 1.807) is 0 Å². The SMILES string of the molecule is CCCC1CC1(N)c1cccc2ccccc12. The molecular formula is C16H19N. The largest absolute Gasteiger partial charge is 0.321 e. The molecule has 0 amide bonds. The van der Waals surface area contributed by atoms with Crippen LogP contribution >= 0.6 is 0 Å². The number of benzene rings is 2. The van der Waals surface area contributed by atoms with E-state index in [9.17, 15) is 0 Å². The van der Waals surface area contributed by atoms with Gasteiger partial charge in [0, 0.05) is 5.54 Å². The molecular weight excluding hydrogens is 206 g/mol. The highest BCUT2D eigenvalue weighted by Crippen LogP contribution is 2.53. The molecule has 0 bridgehead atoms.